The number of halogens is 1. The number of nitrogens with two attached hydrogens (primary N) is 1. The zero-order chi connectivity index (χ0) is 15.6. The molecule has 0 saturated heterocycles. The first-order valence-electron chi connectivity index (χ1n) is 6.79. The Hall–Kier alpha value is -0.700. The third-order valence-corrected chi connectivity index (χ3v) is 6.16. The molecule has 1 saturated carbocycles. The minimum Gasteiger partial charge on any atom is -0.383 e. The van der Waals surface area contributed by atoms with Crippen LogP contribution in [0.4, 0.5) is 5.82 Å². The number of pyridine rings is 1. The zero-order valence-corrected chi connectivity index (χ0v) is 14.5. The van der Waals surface area contributed by atoms with Gasteiger partial charge in [-0.2, -0.15) is 4.31 Å². The van der Waals surface area contributed by atoms with Gasteiger partial charge in [0.25, 0.3) is 0 Å². The average Bonchev–Trinajstić information content (AvgIpc) is 3.25. The predicted molar refractivity (Wildman–Crippen MR) is 84.3 cm³/mol. The predicted octanol–water partition coefficient (Wildman–Crippen LogP) is 1.86. The van der Waals surface area contributed by atoms with E-state index in [1.165, 1.54) is 16.6 Å². The van der Waals surface area contributed by atoms with Crippen LogP contribution in [0.1, 0.15) is 19.8 Å². The maximum Gasteiger partial charge on any atom is 0.247 e. The Bertz CT molecular complexity index is 605. The summed E-state index contributed by atoms with van der Waals surface area (Å²) in [5.41, 5.74) is 5.76. The number of hydrogen-bond donors (Lipinski definition) is 1. The number of anilines is 1. The van der Waals surface area contributed by atoms with Gasteiger partial charge >= 0.3 is 0 Å². The molecule has 0 amide bonds. The van der Waals surface area contributed by atoms with Gasteiger partial charge < -0.3 is 10.5 Å². The van der Waals surface area contributed by atoms with Gasteiger partial charge in [0, 0.05) is 30.4 Å². The topological polar surface area (TPSA) is 85.5 Å². The van der Waals surface area contributed by atoms with Gasteiger partial charge in [-0.3, -0.25) is 0 Å². The van der Waals surface area contributed by atoms with Crippen molar-refractivity contribution < 1.29 is 13.2 Å². The molecule has 0 radical (unpaired) electrons. The van der Waals surface area contributed by atoms with Gasteiger partial charge in [-0.05, 0) is 47.7 Å². The normalized spacial score (nSPS) is 17.1. The summed E-state index contributed by atoms with van der Waals surface area (Å²) in [6, 6.07) is 1.43. The Morgan fingerprint density at radius 1 is 1.57 bits per heavy atom. The maximum atomic E-state index is 12.9. The van der Waals surface area contributed by atoms with Crippen LogP contribution >= 0.6 is 15.9 Å². The minimum absolute atomic E-state index is 0.0172. The highest BCUT2D eigenvalue weighted by Crippen LogP contribution is 2.37. The van der Waals surface area contributed by atoms with Gasteiger partial charge in [-0.15, -0.1) is 0 Å². The smallest absolute Gasteiger partial charge is 0.247 e. The lowest BCUT2D eigenvalue weighted by atomic mass is 10.2. The molecule has 0 spiro atoms. The SMILES string of the molecule is COCCN(C(C)C1CC1)S(=O)(=O)c1cc(Br)cnc1N. The summed E-state index contributed by atoms with van der Waals surface area (Å²) in [5.74, 6) is 0.432. The van der Waals surface area contributed by atoms with Crippen molar-refractivity contribution in [3.63, 3.8) is 0 Å². The molecule has 1 aliphatic carbocycles. The number of sulfonamides is 1. The van der Waals surface area contributed by atoms with Gasteiger partial charge in [-0.25, -0.2) is 13.4 Å². The molecule has 1 fully saturated rings. The van der Waals surface area contributed by atoms with E-state index in [4.69, 9.17) is 10.5 Å². The molecule has 21 heavy (non-hydrogen) atoms. The van der Waals surface area contributed by atoms with Crippen molar-refractivity contribution in [1.82, 2.24) is 9.29 Å². The highest BCUT2D eigenvalue weighted by atomic mass is 79.9. The van der Waals surface area contributed by atoms with Crippen LogP contribution in [0.25, 0.3) is 0 Å². The van der Waals surface area contributed by atoms with Gasteiger partial charge in [0.2, 0.25) is 10.0 Å². The van der Waals surface area contributed by atoms with E-state index in [0.29, 0.717) is 23.5 Å². The fourth-order valence-corrected chi connectivity index (χ4v) is 4.56. The molecule has 1 atom stereocenters. The fourth-order valence-electron chi connectivity index (χ4n) is 2.30. The van der Waals surface area contributed by atoms with Crippen LogP contribution in [0.2, 0.25) is 0 Å². The highest BCUT2D eigenvalue weighted by molar-refractivity contribution is 9.10. The molecule has 0 aliphatic heterocycles. The third-order valence-electron chi connectivity index (χ3n) is 3.71. The molecule has 0 aromatic carbocycles. The first kappa shape index (κ1) is 16.7. The number of aromatic nitrogens is 1. The summed E-state index contributed by atoms with van der Waals surface area (Å²) in [5, 5.41) is 0. The lowest BCUT2D eigenvalue weighted by molar-refractivity contribution is 0.164. The monoisotopic (exact) mass is 377 g/mol. The molecule has 2 N–H and O–H groups in total. The lowest BCUT2D eigenvalue weighted by Crippen LogP contribution is -2.42. The van der Waals surface area contributed by atoms with Crippen LogP contribution in [-0.2, 0) is 14.8 Å². The van der Waals surface area contributed by atoms with Crippen molar-refractivity contribution in [1.29, 1.82) is 0 Å². The molecule has 8 heteroatoms. The Morgan fingerprint density at radius 2 is 2.24 bits per heavy atom. The molecule has 0 bridgehead atoms. The number of rotatable bonds is 7. The van der Waals surface area contributed by atoms with Crippen molar-refractivity contribution in [3.8, 4) is 0 Å². The number of nitrogens with zero attached hydrogens (tertiary/aromatic N) is 2. The molecular formula is C13H20BrN3O3S. The van der Waals surface area contributed by atoms with E-state index in [9.17, 15) is 8.42 Å². The van der Waals surface area contributed by atoms with Crippen LogP contribution in [0.3, 0.4) is 0 Å². The Morgan fingerprint density at radius 3 is 2.81 bits per heavy atom. The molecule has 2 rings (SSSR count). The van der Waals surface area contributed by atoms with E-state index >= 15 is 0 Å². The Labute approximate surface area is 133 Å². The second kappa shape index (κ2) is 6.60. The first-order chi connectivity index (χ1) is 9.87. The minimum atomic E-state index is -3.69. The van der Waals surface area contributed by atoms with Crippen molar-refractivity contribution in [2.75, 3.05) is 26.0 Å². The summed E-state index contributed by atoms with van der Waals surface area (Å²) in [6.07, 6.45) is 3.61. The summed E-state index contributed by atoms with van der Waals surface area (Å²) in [6.45, 7) is 2.59. The number of ether oxygens (including phenoxy) is 1. The largest absolute Gasteiger partial charge is 0.383 e. The average molecular weight is 378 g/mol. The van der Waals surface area contributed by atoms with Crippen molar-refractivity contribution in [2.45, 2.75) is 30.7 Å². The van der Waals surface area contributed by atoms with E-state index in [1.54, 1.807) is 7.11 Å². The van der Waals surface area contributed by atoms with Crippen LogP contribution in [0.15, 0.2) is 21.6 Å². The van der Waals surface area contributed by atoms with Gasteiger partial charge in [-0.1, -0.05) is 0 Å². The standard InChI is InChI=1S/C13H20BrN3O3S/c1-9(10-3-4-10)17(5-6-20-2)21(18,19)12-7-11(14)8-16-13(12)15/h7-10H,3-6H2,1-2H3,(H2,15,16). The second-order valence-corrected chi connectivity index (χ2v) is 8.00. The molecule has 6 nitrogen and oxygen atoms in total. The van der Waals surface area contributed by atoms with Gasteiger partial charge in [0.1, 0.15) is 10.7 Å². The summed E-state index contributed by atoms with van der Waals surface area (Å²) >= 11 is 3.24. The van der Waals surface area contributed by atoms with Crippen molar-refractivity contribution in [3.05, 3.63) is 16.7 Å². The van der Waals surface area contributed by atoms with E-state index < -0.39 is 10.0 Å². The molecule has 1 aliphatic rings. The van der Waals surface area contributed by atoms with E-state index in [1.807, 2.05) is 6.92 Å². The van der Waals surface area contributed by atoms with Crippen LogP contribution < -0.4 is 5.73 Å². The molecule has 118 valence electrons. The first-order valence-corrected chi connectivity index (χ1v) is 9.03. The van der Waals surface area contributed by atoms with Gasteiger partial charge in [0.15, 0.2) is 0 Å². The summed E-state index contributed by atoms with van der Waals surface area (Å²) in [7, 11) is -2.14. The number of methoxy groups -OCH3 is 1. The van der Waals surface area contributed by atoms with E-state index in [0.717, 1.165) is 12.8 Å². The second-order valence-electron chi connectivity index (χ2n) is 5.22. The summed E-state index contributed by atoms with van der Waals surface area (Å²) in [4.78, 5) is 3.96. The lowest BCUT2D eigenvalue weighted by Gasteiger charge is -2.28. The van der Waals surface area contributed by atoms with E-state index in [2.05, 4.69) is 20.9 Å². The van der Waals surface area contributed by atoms with Crippen molar-refractivity contribution in [2.24, 2.45) is 5.92 Å². The highest BCUT2D eigenvalue weighted by Gasteiger charge is 2.39. The quantitative estimate of drug-likeness (QED) is 0.783. The van der Waals surface area contributed by atoms with Crippen LogP contribution in [0, 0.1) is 5.92 Å². The van der Waals surface area contributed by atoms with Crippen LogP contribution in [0.5, 0.6) is 0 Å². The van der Waals surface area contributed by atoms with Crippen LogP contribution in [-0.4, -0.2) is 44.0 Å². The Balaban J connectivity index is 2.38. The van der Waals surface area contributed by atoms with Gasteiger partial charge in [0.05, 0.1) is 6.61 Å². The van der Waals surface area contributed by atoms with Crippen molar-refractivity contribution >= 4 is 31.8 Å². The zero-order valence-electron chi connectivity index (χ0n) is 12.1. The maximum absolute atomic E-state index is 12.9. The Kier molecular flexibility index (Phi) is 5.24. The third kappa shape index (κ3) is 3.74. The summed E-state index contributed by atoms with van der Waals surface area (Å²) < 4.78 is 32.9. The number of nitrogen functional groups attached to an aromatic ring is 1. The molecular weight excluding hydrogens is 358 g/mol. The molecule has 1 aromatic heterocycles. The molecule has 1 aromatic rings. The molecule has 1 heterocycles. The fraction of sp³-hybridized carbons (Fsp3) is 0.615. The molecule has 1 unspecified atom stereocenters. The van der Waals surface area contributed by atoms with E-state index in [-0.39, 0.29) is 16.8 Å². The number of hydrogen-bond acceptors (Lipinski definition) is 5.